The highest BCUT2D eigenvalue weighted by atomic mass is 32.1. The summed E-state index contributed by atoms with van der Waals surface area (Å²) >= 11 is 1.54. The molecule has 3 aromatic rings. The molecule has 4 heterocycles. The van der Waals surface area contributed by atoms with Crippen molar-refractivity contribution in [2.45, 2.75) is 25.8 Å². The molecular weight excluding hydrogens is 418 g/mol. The summed E-state index contributed by atoms with van der Waals surface area (Å²) in [5, 5.41) is 4.37. The van der Waals surface area contributed by atoms with Gasteiger partial charge >= 0.3 is 0 Å². The van der Waals surface area contributed by atoms with Gasteiger partial charge in [0.05, 0.1) is 4.88 Å². The van der Waals surface area contributed by atoms with Crippen LogP contribution < -0.4 is 5.32 Å². The van der Waals surface area contributed by atoms with Crippen LogP contribution in [0.4, 0.5) is 0 Å². The first kappa shape index (κ1) is 21.2. The minimum Gasteiger partial charge on any atom is -0.347 e. The molecule has 0 unspecified atom stereocenters. The lowest BCUT2D eigenvalue weighted by Crippen LogP contribution is -2.57. The molecule has 2 bridgehead atoms. The third kappa shape index (κ3) is 3.93. The lowest BCUT2D eigenvalue weighted by Gasteiger charge is -2.44. The molecule has 2 amide bonds. The summed E-state index contributed by atoms with van der Waals surface area (Å²) in [7, 11) is 1.81. The number of thiophene rings is 1. The quantitative estimate of drug-likeness (QED) is 0.627. The molecule has 1 aromatic heterocycles. The Balaban J connectivity index is 1.43. The summed E-state index contributed by atoms with van der Waals surface area (Å²) in [5.74, 6) is 0.658. The van der Waals surface area contributed by atoms with Crippen molar-refractivity contribution in [1.82, 2.24) is 15.1 Å². The van der Waals surface area contributed by atoms with Crippen molar-refractivity contribution in [3.8, 4) is 11.1 Å². The highest BCUT2D eigenvalue weighted by Gasteiger charge is 2.35. The van der Waals surface area contributed by atoms with Crippen LogP contribution in [0.2, 0.25) is 0 Å². The third-order valence-corrected chi connectivity index (χ3v) is 8.17. The Morgan fingerprint density at radius 3 is 2.62 bits per heavy atom. The summed E-state index contributed by atoms with van der Waals surface area (Å²) in [6.45, 7) is 5.94. The molecule has 1 atom stereocenters. The largest absolute Gasteiger partial charge is 0.347 e. The highest BCUT2D eigenvalue weighted by molar-refractivity contribution is 7.21. The van der Waals surface area contributed by atoms with Gasteiger partial charge in [0.15, 0.2) is 0 Å². The van der Waals surface area contributed by atoms with E-state index in [2.05, 4.69) is 22.3 Å². The van der Waals surface area contributed by atoms with Gasteiger partial charge in [0.25, 0.3) is 11.8 Å². The number of rotatable bonds is 5. The first-order valence-corrected chi connectivity index (χ1v) is 12.3. The SMILES string of the molecule is CCN(C)C(=O)c1cccc(-c2cccc3cc(C(=O)N[C@H]4CN5CCC4CC5)sc23)c1. The van der Waals surface area contributed by atoms with Crippen molar-refractivity contribution in [3.05, 3.63) is 59.0 Å². The summed E-state index contributed by atoms with van der Waals surface area (Å²) in [6, 6.07) is 16.2. The standard InChI is InChI=1S/C26H29N3O2S/c1-3-28(2)26(31)20-8-4-6-18(14-20)21-9-5-7-19-15-23(32-24(19)21)25(30)27-22-16-29-12-10-17(22)11-13-29/h4-9,14-15,17,22H,3,10-13,16H2,1-2H3,(H,27,30)/t22-/m0/s1. The third-order valence-electron chi connectivity index (χ3n) is 6.98. The smallest absolute Gasteiger partial charge is 0.261 e. The second-order valence-electron chi connectivity index (χ2n) is 8.95. The Bertz CT molecular complexity index is 1160. The van der Waals surface area contributed by atoms with E-state index in [0.717, 1.165) is 32.6 Å². The van der Waals surface area contributed by atoms with Crippen LogP contribution >= 0.6 is 11.3 Å². The van der Waals surface area contributed by atoms with Crippen LogP contribution in [0.15, 0.2) is 48.5 Å². The lowest BCUT2D eigenvalue weighted by molar-refractivity contribution is 0.0622. The average molecular weight is 448 g/mol. The highest BCUT2D eigenvalue weighted by Crippen LogP contribution is 2.36. The van der Waals surface area contributed by atoms with Crippen LogP contribution in [0.1, 0.15) is 39.8 Å². The number of nitrogens with one attached hydrogen (secondary N) is 1. The average Bonchev–Trinajstić information content (AvgIpc) is 3.29. The molecule has 32 heavy (non-hydrogen) atoms. The van der Waals surface area contributed by atoms with Gasteiger partial charge in [-0.1, -0.05) is 30.3 Å². The Morgan fingerprint density at radius 2 is 1.91 bits per heavy atom. The molecule has 3 aliphatic heterocycles. The predicted molar refractivity (Wildman–Crippen MR) is 130 cm³/mol. The van der Waals surface area contributed by atoms with Crippen LogP contribution in [0.25, 0.3) is 21.2 Å². The molecule has 3 saturated heterocycles. The molecule has 0 spiro atoms. The van der Waals surface area contributed by atoms with E-state index in [0.29, 0.717) is 18.0 Å². The number of nitrogens with zero attached hydrogens (tertiary/aromatic N) is 2. The molecule has 6 rings (SSSR count). The molecule has 0 aliphatic carbocycles. The van der Waals surface area contributed by atoms with Gasteiger partial charge in [-0.2, -0.15) is 0 Å². The van der Waals surface area contributed by atoms with Crippen molar-refractivity contribution >= 4 is 33.2 Å². The Kier molecular flexibility index (Phi) is 5.74. The number of amides is 2. The van der Waals surface area contributed by atoms with Crippen LogP contribution in [0.3, 0.4) is 0 Å². The Labute approximate surface area is 193 Å². The molecule has 3 aliphatic rings. The molecule has 5 nitrogen and oxygen atoms in total. The minimum atomic E-state index is 0.0188. The van der Waals surface area contributed by atoms with E-state index in [-0.39, 0.29) is 17.9 Å². The van der Waals surface area contributed by atoms with Gasteiger partial charge < -0.3 is 15.1 Å². The van der Waals surface area contributed by atoms with E-state index in [1.165, 1.54) is 37.3 Å². The van der Waals surface area contributed by atoms with Crippen molar-refractivity contribution in [2.75, 3.05) is 33.2 Å². The Hall–Kier alpha value is -2.70. The minimum absolute atomic E-state index is 0.0188. The fourth-order valence-electron chi connectivity index (χ4n) is 4.95. The van der Waals surface area contributed by atoms with Crippen LogP contribution in [-0.2, 0) is 0 Å². The van der Waals surface area contributed by atoms with Gasteiger partial charge in [0, 0.05) is 36.4 Å². The van der Waals surface area contributed by atoms with E-state index in [1.807, 2.05) is 50.4 Å². The summed E-state index contributed by atoms with van der Waals surface area (Å²) in [4.78, 5) is 30.6. The Morgan fingerprint density at radius 1 is 1.12 bits per heavy atom. The molecule has 1 N–H and O–H groups in total. The van der Waals surface area contributed by atoms with Gasteiger partial charge in [-0.05, 0) is 73.5 Å². The molecule has 6 heteroatoms. The maximum absolute atomic E-state index is 13.1. The second kappa shape index (κ2) is 8.68. The first-order chi connectivity index (χ1) is 15.5. The van der Waals surface area contributed by atoms with Crippen molar-refractivity contribution in [3.63, 3.8) is 0 Å². The zero-order valence-corrected chi connectivity index (χ0v) is 19.5. The molecule has 2 aromatic carbocycles. The number of hydrogen-bond donors (Lipinski definition) is 1. The van der Waals surface area contributed by atoms with Gasteiger partial charge in [0.1, 0.15) is 0 Å². The van der Waals surface area contributed by atoms with E-state index in [1.54, 1.807) is 4.90 Å². The maximum atomic E-state index is 13.1. The summed E-state index contributed by atoms with van der Waals surface area (Å²) in [6.07, 6.45) is 2.37. The number of carbonyl (C=O) groups excluding carboxylic acids is 2. The fourth-order valence-corrected chi connectivity index (χ4v) is 6.05. The summed E-state index contributed by atoms with van der Waals surface area (Å²) < 4.78 is 1.08. The second-order valence-corrected chi connectivity index (χ2v) is 10.0. The van der Waals surface area contributed by atoms with Crippen LogP contribution in [0, 0.1) is 5.92 Å². The lowest BCUT2D eigenvalue weighted by atomic mass is 9.84. The van der Waals surface area contributed by atoms with E-state index >= 15 is 0 Å². The van der Waals surface area contributed by atoms with Gasteiger partial charge in [0.2, 0.25) is 0 Å². The number of fused-ring (bicyclic) bond motifs is 4. The number of benzene rings is 2. The van der Waals surface area contributed by atoms with E-state index in [9.17, 15) is 9.59 Å². The monoisotopic (exact) mass is 447 g/mol. The van der Waals surface area contributed by atoms with Crippen molar-refractivity contribution in [2.24, 2.45) is 5.92 Å². The van der Waals surface area contributed by atoms with Gasteiger partial charge in [-0.15, -0.1) is 11.3 Å². The van der Waals surface area contributed by atoms with Crippen molar-refractivity contribution in [1.29, 1.82) is 0 Å². The normalized spacial score (nSPS) is 22.1. The van der Waals surface area contributed by atoms with Gasteiger partial charge in [-0.25, -0.2) is 0 Å². The predicted octanol–water partition coefficient (Wildman–Crippen LogP) is 4.48. The number of piperidine rings is 3. The van der Waals surface area contributed by atoms with Crippen LogP contribution in [0.5, 0.6) is 0 Å². The zero-order valence-electron chi connectivity index (χ0n) is 18.6. The fraction of sp³-hybridized carbons (Fsp3) is 0.385. The first-order valence-electron chi connectivity index (χ1n) is 11.4. The zero-order chi connectivity index (χ0) is 22.2. The summed E-state index contributed by atoms with van der Waals surface area (Å²) in [5.41, 5.74) is 2.74. The molecule has 0 saturated carbocycles. The van der Waals surface area contributed by atoms with Gasteiger partial charge in [-0.3, -0.25) is 9.59 Å². The van der Waals surface area contributed by atoms with Crippen molar-refractivity contribution < 1.29 is 9.59 Å². The molecule has 0 radical (unpaired) electrons. The topological polar surface area (TPSA) is 52.7 Å². The maximum Gasteiger partial charge on any atom is 0.261 e. The molecular formula is C26H29N3O2S. The van der Waals surface area contributed by atoms with E-state index in [4.69, 9.17) is 0 Å². The van der Waals surface area contributed by atoms with E-state index < -0.39 is 0 Å². The van der Waals surface area contributed by atoms with Crippen LogP contribution in [-0.4, -0.2) is 60.9 Å². The number of hydrogen-bond acceptors (Lipinski definition) is 4. The molecule has 3 fully saturated rings. The number of carbonyl (C=O) groups is 2. The molecule has 166 valence electrons.